The van der Waals surface area contributed by atoms with Gasteiger partial charge in [-0.25, -0.2) is 0 Å². The molecule has 1 aromatic carbocycles. The third-order valence-electron chi connectivity index (χ3n) is 4.11. The van der Waals surface area contributed by atoms with E-state index in [1.165, 1.54) is 34.9 Å². The van der Waals surface area contributed by atoms with E-state index in [-0.39, 0.29) is 0 Å². The Morgan fingerprint density at radius 2 is 2.30 bits per heavy atom. The molecule has 2 nitrogen and oxygen atoms in total. The van der Waals surface area contributed by atoms with Crippen molar-refractivity contribution in [2.24, 2.45) is 0 Å². The van der Waals surface area contributed by atoms with Crippen LogP contribution in [0.15, 0.2) is 29.6 Å². The monoisotopic (exact) mass is 289 g/mol. The van der Waals surface area contributed by atoms with Gasteiger partial charge in [0.1, 0.15) is 0 Å². The lowest BCUT2D eigenvalue weighted by atomic mass is 9.96. The average molecular weight is 289 g/mol. The van der Waals surface area contributed by atoms with E-state index in [1.807, 2.05) is 11.3 Å². The first-order chi connectivity index (χ1) is 9.88. The molecule has 1 fully saturated rings. The Hall–Kier alpha value is -0.900. The summed E-state index contributed by atoms with van der Waals surface area (Å²) in [6, 6.07) is 9.27. The Morgan fingerprint density at radius 1 is 1.35 bits per heavy atom. The number of ether oxygens (including phenoxy) is 1. The van der Waals surface area contributed by atoms with Gasteiger partial charge in [-0.05, 0) is 54.6 Å². The molecule has 1 saturated heterocycles. The van der Waals surface area contributed by atoms with E-state index in [1.54, 1.807) is 0 Å². The molecule has 2 unspecified atom stereocenters. The molecule has 3 rings (SSSR count). The molecule has 2 heterocycles. The van der Waals surface area contributed by atoms with E-state index in [2.05, 4.69) is 41.9 Å². The van der Waals surface area contributed by atoms with Crippen LogP contribution in [0.25, 0.3) is 10.1 Å². The number of thiophene rings is 1. The first-order valence-electron chi connectivity index (χ1n) is 7.69. The largest absolute Gasteiger partial charge is 0.378 e. The summed E-state index contributed by atoms with van der Waals surface area (Å²) in [6.45, 7) is 4.12. The molecule has 0 aliphatic carbocycles. The van der Waals surface area contributed by atoms with Gasteiger partial charge in [0.05, 0.1) is 6.10 Å². The molecule has 1 N–H and O–H groups in total. The molecule has 0 saturated carbocycles. The summed E-state index contributed by atoms with van der Waals surface area (Å²) in [6.07, 6.45) is 5.26. The van der Waals surface area contributed by atoms with E-state index in [0.717, 1.165) is 19.6 Å². The number of fused-ring (bicyclic) bond motifs is 1. The molecule has 1 aliphatic heterocycles. The van der Waals surface area contributed by atoms with E-state index in [4.69, 9.17) is 4.74 Å². The summed E-state index contributed by atoms with van der Waals surface area (Å²) in [5, 5.41) is 7.20. The van der Waals surface area contributed by atoms with Gasteiger partial charge in [0.15, 0.2) is 0 Å². The minimum Gasteiger partial charge on any atom is -0.378 e. The van der Waals surface area contributed by atoms with E-state index in [9.17, 15) is 0 Å². The number of nitrogens with one attached hydrogen (secondary N) is 1. The minimum atomic E-state index is 0.408. The maximum absolute atomic E-state index is 5.93. The van der Waals surface area contributed by atoms with Gasteiger partial charge in [0.2, 0.25) is 0 Å². The molecule has 0 spiro atoms. The highest BCUT2D eigenvalue weighted by Crippen LogP contribution is 2.32. The molecule has 2 aromatic rings. The molecule has 0 amide bonds. The lowest BCUT2D eigenvalue weighted by Crippen LogP contribution is -2.28. The molecule has 2 atom stereocenters. The quantitative estimate of drug-likeness (QED) is 0.874. The van der Waals surface area contributed by atoms with E-state index < -0.39 is 0 Å². The molecule has 0 bridgehead atoms. The minimum absolute atomic E-state index is 0.408. The Bertz CT molecular complexity index is 545. The predicted molar refractivity (Wildman–Crippen MR) is 86.5 cm³/mol. The maximum Gasteiger partial charge on any atom is 0.0593 e. The van der Waals surface area contributed by atoms with Crippen LogP contribution in [0, 0.1) is 0 Å². The fourth-order valence-corrected chi connectivity index (χ4v) is 4.08. The normalized spacial score (nSPS) is 21.1. The molecule has 0 radical (unpaired) electrons. The number of hydrogen-bond donors (Lipinski definition) is 1. The third-order valence-corrected chi connectivity index (χ3v) is 5.09. The fraction of sp³-hybridized carbons (Fsp3) is 0.529. The van der Waals surface area contributed by atoms with Crippen LogP contribution in [-0.4, -0.2) is 19.3 Å². The Labute approximate surface area is 125 Å². The Kier molecular flexibility index (Phi) is 4.71. The summed E-state index contributed by atoms with van der Waals surface area (Å²) >= 11 is 1.85. The first kappa shape index (κ1) is 14.1. The molecule has 108 valence electrons. The second-order valence-corrected chi connectivity index (χ2v) is 6.44. The van der Waals surface area contributed by atoms with Gasteiger partial charge in [-0.15, -0.1) is 11.3 Å². The number of benzene rings is 1. The van der Waals surface area contributed by atoms with E-state index >= 15 is 0 Å². The van der Waals surface area contributed by atoms with Crippen molar-refractivity contribution < 1.29 is 4.74 Å². The zero-order valence-corrected chi connectivity index (χ0v) is 12.9. The van der Waals surface area contributed by atoms with Crippen molar-refractivity contribution >= 4 is 21.4 Å². The van der Waals surface area contributed by atoms with Gasteiger partial charge in [-0.3, -0.25) is 0 Å². The summed E-state index contributed by atoms with van der Waals surface area (Å²) in [4.78, 5) is 0. The molecule has 20 heavy (non-hydrogen) atoms. The van der Waals surface area contributed by atoms with Crippen molar-refractivity contribution in [1.82, 2.24) is 5.32 Å². The van der Waals surface area contributed by atoms with Gasteiger partial charge >= 0.3 is 0 Å². The molecule has 1 aromatic heterocycles. The van der Waals surface area contributed by atoms with Crippen molar-refractivity contribution in [2.75, 3.05) is 13.2 Å². The molecule has 3 heteroatoms. The topological polar surface area (TPSA) is 21.3 Å². The zero-order valence-electron chi connectivity index (χ0n) is 12.1. The second-order valence-electron chi connectivity index (χ2n) is 5.52. The van der Waals surface area contributed by atoms with Crippen LogP contribution in [0.5, 0.6) is 0 Å². The van der Waals surface area contributed by atoms with Gasteiger partial charge in [0.25, 0.3) is 0 Å². The molecular weight excluding hydrogens is 266 g/mol. The smallest absolute Gasteiger partial charge is 0.0593 e. The zero-order chi connectivity index (χ0) is 13.8. The Balaban J connectivity index is 1.83. The average Bonchev–Trinajstić information content (AvgIpc) is 2.96. The van der Waals surface area contributed by atoms with Gasteiger partial charge in [-0.2, -0.15) is 0 Å². The van der Waals surface area contributed by atoms with Crippen LogP contribution < -0.4 is 5.32 Å². The van der Waals surface area contributed by atoms with Crippen molar-refractivity contribution in [3.05, 3.63) is 35.2 Å². The van der Waals surface area contributed by atoms with Crippen LogP contribution in [-0.2, 0) is 4.74 Å². The van der Waals surface area contributed by atoms with Gasteiger partial charge in [-0.1, -0.05) is 25.1 Å². The summed E-state index contributed by atoms with van der Waals surface area (Å²) in [7, 11) is 0. The highest BCUT2D eigenvalue weighted by atomic mass is 32.1. The Morgan fingerprint density at radius 3 is 3.10 bits per heavy atom. The maximum atomic E-state index is 5.93. The van der Waals surface area contributed by atoms with Gasteiger partial charge < -0.3 is 10.1 Å². The first-order valence-corrected chi connectivity index (χ1v) is 8.57. The lowest BCUT2D eigenvalue weighted by Gasteiger charge is -2.28. The summed E-state index contributed by atoms with van der Waals surface area (Å²) in [5.74, 6) is 0. The van der Waals surface area contributed by atoms with Crippen LogP contribution in [0.2, 0.25) is 0 Å². The highest BCUT2D eigenvalue weighted by Gasteiger charge is 2.21. The summed E-state index contributed by atoms with van der Waals surface area (Å²) < 4.78 is 7.36. The van der Waals surface area contributed by atoms with Crippen molar-refractivity contribution in [3.8, 4) is 0 Å². The van der Waals surface area contributed by atoms with Crippen LogP contribution in [0.3, 0.4) is 0 Å². The van der Waals surface area contributed by atoms with Crippen molar-refractivity contribution in [1.29, 1.82) is 0 Å². The van der Waals surface area contributed by atoms with Crippen LogP contribution >= 0.6 is 11.3 Å². The SMILES string of the molecule is CCNC(CC1CCCCO1)c1cccc2ccsc12. The van der Waals surface area contributed by atoms with Crippen molar-refractivity contribution in [3.63, 3.8) is 0 Å². The standard InChI is InChI=1S/C17H23NOS/c1-2-18-16(12-14-7-3-4-10-19-14)15-8-5-6-13-9-11-20-17(13)15/h5-6,8-9,11,14,16,18H,2-4,7,10,12H2,1H3. The van der Waals surface area contributed by atoms with Crippen LogP contribution in [0.4, 0.5) is 0 Å². The predicted octanol–water partition coefficient (Wildman–Crippen LogP) is 4.51. The summed E-state index contributed by atoms with van der Waals surface area (Å²) in [5.41, 5.74) is 1.44. The fourth-order valence-electron chi connectivity index (χ4n) is 3.11. The second kappa shape index (κ2) is 6.70. The molecule has 1 aliphatic rings. The number of hydrogen-bond acceptors (Lipinski definition) is 3. The molecular formula is C17H23NOS. The lowest BCUT2D eigenvalue weighted by molar-refractivity contribution is 0.00523. The number of rotatable bonds is 5. The van der Waals surface area contributed by atoms with Crippen LogP contribution in [0.1, 0.15) is 44.2 Å². The van der Waals surface area contributed by atoms with E-state index in [0.29, 0.717) is 12.1 Å². The highest BCUT2D eigenvalue weighted by molar-refractivity contribution is 7.17. The van der Waals surface area contributed by atoms with Gasteiger partial charge in [0, 0.05) is 17.3 Å². The third kappa shape index (κ3) is 3.05. The van der Waals surface area contributed by atoms with Crippen molar-refractivity contribution in [2.45, 2.75) is 44.8 Å².